The number of aromatic amines is 2. The molecule has 1 fully saturated rings. The van der Waals surface area contributed by atoms with Gasteiger partial charge in [-0.1, -0.05) is 0 Å². The number of nitrogens with two attached hydrogens (primary N) is 1. The number of nitrogens with zero attached hydrogens (tertiary/aromatic N) is 3. The van der Waals surface area contributed by atoms with Gasteiger partial charge in [0.1, 0.15) is 18.1 Å². The summed E-state index contributed by atoms with van der Waals surface area (Å²) >= 11 is 0. The number of carbonyl (C=O) groups is 4. The minimum absolute atomic E-state index is 0.163. The second-order valence-electron chi connectivity index (χ2n) is 7.47. The Labute approximate surface area is 178 Å². The highest BCUT2D eigenvalue weighted by Crippen LogP contribution is 2.20. The molecule has 12 nitrogen and oxygen atoms in total. The standard InChI is InChI=1S/C19H26N8O4/c1-11(28)25-15(6-13-8-22-10-24-13)19(31)27-4-2-3-16(27)18(30)26-14(17(20)29)5-12-7-21-9-23-12/h7-10,14-16H,2-6H2,1H3,(H2,20,29)(H,21,23)(H,22,24)(H,25,28)(H,26,30)/t14-,15-,16-/m0/s1. The van der Waals surface area contributed by atoms with Crippen molar-refractivity contribution in [1.82, 2.24) is 35.5 Å². The van der Waals surface area contributed by atoms with Crippen molar-refractivity contribution in [3.05, 3.63) is 36.4 Å². The molecule has 4 amide bonds. The largest absolute Gasteiger partial charge is 0.368 e. The molecular weight excluding hydrogens is 404 g/mol. The molecule has 0 aromatic carbocycles. The van der Waals surface area contributed by atoms with Crippen LogP contribution in [-0.4, -0.2) is 73.1 Å². The van der Waals surface area contributed by atoms with Crippen LogP contribution in [-0.2, 0) is 32.0 Å². The first-order valence-electron chi connectivity index (χ1n) is 9.97. The van der Waals surface area contributed by atoms with Crippen molar-refractivity contribution < 1.29 is 19.2 Å². The van der Waals surface area contributed by atoms with Crippen molar-refractivity contribution in [3.8, 4) is 0 Å². The van der Waals surface area contributed by atoms with Crippen LogP contribution in [0.2, 0.25) is 0 Å². The van der Waals surface area contributed by atoms with Gasteiger partial charge in [0.2, 0.25) is 23.6 Å². The molecule has 2 aromatic rings. The van der Waals surface area contributed by atoms with Gasteiger partial charge in [0.25, 0.3) is 0 Å². The maximum absolute atomic E-state index is 13.2. The fourth-order valence-corrected chi connectivity index (χ4v) is 3.67. The monoisotopic (exact) mass is 430 g/mol. The minimum Gasteiger partial charge on any atom is -0.368 e. The number of aromatic nitrogens is 4. The fraction of sp³-hybridized carbons (Fsp3) is 0.474. The van der Waals surface area contributed by atoms with Crippen molar-refractivity contribution in [1.29, 1.82) is 0 Å². The molecule has 0 radical (unpaired) electrons. The zero-order chi connectivity index (χ0) is 22.4. The van der Waals surface area contributed by atoms with E-state index in [4.69, 9.17) is 5.73 Å². The predicted molar refractivity (Wildman–Crippen MR) is 108 cm³/mol. The normalized spacial score (nSPS) is 17.7. The molecule has 3 rings (SSSR count). The van der Waals surface area contributed by atoms with Crippen LogP contribution in [0.1, 0.15) is 31.2 Å². The summed E-state index contributed by atoms with van der Waals surface area (Å²) < 4.78 is 0. The highest BCUT2D eigenvalue weighted by molar-refractivity contribution is 5.94. The van der Waals surface area contributed by atoms with E-state index in [1.54, 1.807) is 12.4 Å². The zero-order valence-corrected chi connectivity index (χ0v) is 17.1. The van der Waals surface area contributed by atoms with Crippen molar-refractivity contribution >= 4 is 23.6 Å². The first-order chi connectivity index (χ1) is 14.8. The molecule has 31 heavy (non-hydrogen) atoms. The number of amides is 4. The number of nitrogens with one attached hydrogen (secondary N) is 4. The maximum atomic E-state index is 13.2. The molecule has 166 valence electrons. The molecule has 3 heterocycles. The lowest BCUT2D eigenvalue weighted by Gasteiger charge is -2.29. The van der Waals surface area contributed by atoms with Gasteiger partial charge in [-0.05, 0) is 12.8 Å². The number of rotatable bonds is 9. The molecule has 6 N–H and O–H groups in total. The van der Waals surface area contributed by atoms with Crippen LogP contribution in [0.4, 0.5) is 0 Å². The lowest BCUT2D eigenvalue weighted by molar-refractivity contribution is -0.141. The lowest BCUT2D eigenvalue weighted by atomic mass is 10.1. The van der Waals surface area contributed by atoms with Crippen LogP contribution < -0.4 is 16.4 Å². The SMILES string of the molecule is CC(=O)N[C@@H](Cc1cnc[nH]1)C(=O)N1CCC[C@H]1C(=O)N[C@@H](Cc1cnc[nH]1)C(N)=O. The molecule has 1 aliphatic rings. The Kier molecular flexibility index (Phi) is 7.00. The Morgan fingerprint density at radius 2 is 1.71 bits per heavy atom. The molecule has 3 atom stereocenters. The van der Waals surface area contributed by atoms with Crippen LogP contribution in [0.15, 0.2) is 25.0 Å². The Balaban J connectivity index is 1.70. The first kappa shape index (κ1) is 22.0. The van der Waals surface area contributed by atoms with Gasteiger partial charge in [0, 0.05) is 50.1 Å². The number of imidazole rings is 2. The van der Waals surface area contributed by atoms with Gasteiger partial charge in [-0.3, -0.25) is 19.2 Å². The molecule has 2 aromatic heterocycles. The molecular formula is C19H26N8O4. The van der Waals surface area contributed by atoms with Gasteiger partial charge in [0.05, 0.1) is 12.7 Å². The Hall–Kier alpha value is -3.70. The molecule has 0 bridgehead atoms. The van der Waals surface area contributed by atoms with Crippen LogP contribution in [0, 0.1) is 0 Å². The van der Waals surface area contributed by atoms with E-state index in [9.17, 15) is 19.2 Å². The second kappa shape index (κ2) is 9.87. The Bertz CT molecular complexity index is 912. The van der Waals surface area contributed by atoms with Crippen molar-refractivity contribution in [2.45, 2.75) is 50.7 Å². The zero-order valence-electron chi connectivity index (χ0n) is 17.1. The molecule has 1 saturated heterocycles. The molecule has 0 saturated carbocycles. The van der Waals surface area contributed by atoms with Crippen LogP contribution in [0.5, 0.6) is 0 Å². The van der Waals surface area contributed by atoms with Gasteiger partial charge in [-0.25, -0.2) is 9.97 Å². The third-order valence-electron chi connectivity index (χ3n) is 5.13. The van der Waals surface area contributed by atoms with E-state index in [-0.39, 0.29) is 24.7 Å². The molecule has 12 heteroatoms. The Morgan fingerprint density at radius 1 is 1.10 bits per heavy atom. The van der Waals surface area contributed by atoms with Crippen molar-refractivity contribution in [3.63, 3.8) is 0 Å². The first-order valence-corrected chi connectivity index (χ1v) is 9.97. The number of hydrogen-bond acceptors (Lipinski definition) is 6. The van der Waals surface area contributed by atoms with E-state index in [1.165, 1.54) is 24.5 Å². The van der Waals surface area contributed by atoms with Gasteiger partial charge in [-0.15, -0.1) is 0 Å². The van der Waals surface area contributed by atoms with Crippen LogP contribution in [0.3, 0.4) is 0 Å². The number of primary amides is 1. The number of carbonyl (C=O) groups excluding carboxylic acids is 4. The summed E-state index contributed by atoms with van der Waals surface area (Å²) in [6.45, 7) is 1.70. The summed E-state index contributed by atoms with van der Waals surface area (Å²) in [4.78, 5) is 64.6. The number of H-pyrrole nitrogens is 2. The average Bonchev–Trinajstić information content (AvgIpc) is 3.48. The minimum atomic E-state index is -0.943. The highest BCUT2D eigenvalue weighted by Gasteiger charge is 2.38. The summed E-state index contributed by atoms with van der Waals surface area (Å²) in [5.74, 6) is -1.87. The third kappa shape index (κ3) is 5.68. The lowest BCUT2D eigenvalue weighted by Crippen LogP contribution is -2.56. The summed E-state index contributed by atoms with van der Waals surface area (Å²) in [7, 11) is 0. The topological polar surface area (TPSA) is 179 Å². The van der Waals surface area contributed by atoms with E-state index in [2.05, 4.69) is 30.6 Å². The van der Waals surface area contributed by atoms with E-state index >= 15 is 0 Å². The molecule has 0 spiro atoms. The van der Waals surface area contributed by atoms with Gasteiger partial charge in [0.15, 0.2) is 0 Å². The molecule has 0 unspecified atom stereocenters. The van der Waals surface area contributed by atoms with Gasteiger partial charge in [-0.2, -0.15) is 0 Å². The number of likely N-dealkylation sites (tertiary alicyclic amines) is 1. The smallest absolute Gasteiger partial charge is 0.246 e. The third-order valence-corrected chi connectivity index (χ3v) is 5.13. The van der Waals surface area contributed by atoms with E-state index in [0.717, 1.165) is 0 Å². The average molecular weight is 430 g/mol. The summed E-state index contributed by atoms with van der Waals surface area (Å²) in [6.07, 6.45) is 7.52. The predicted octanol–water partition coefficient (Wildman–Crippen LogP) is -1.62. The molecule has 1 aliphatic heterocycles. The fourth-order valence-electron chi connectivity index (χ4n) is 3.67. The molecule has 0 aliphatic carbocycles. The maximum Gasteiger partial charge on any atom is 0.246 e. The van der Waals surface area contributed by atoms with E-state index in [1.807, 2.05) is 0 Å². The van der Waals surface area contributed by atoms with Crippen molar-refractivity contribution in [2.75, 3.05) is 6.54 Å². The highest BCUT2D eigenvalue weighted by atomic mass is 16.2. The van der Waals surface area contributed by atoms with E-state index < -0.39 is 29.9 Å². The van der Waals surface area contributed by atoms with Crippen LogP contribution in [0.25, 0.3) is 0 Å². The van der Waals surface area contributed by atoms with Gasteiger partial charge < -0.3 is 31.2 Å². The number of hydrogen-bond donors (Lipinski definition) is 5. The van der Waals surface area contributed by atoms with Crippen molar-refractivity contribution in [2.24, 2.45) is 5.73 Å². The van der Waals surface area contributed by atoms with Crippen LogP contribution >= 0.6 is 0 Å². The summed E-state index contributed by atoms with van der Waals surface area (Å²) in [5, 5.41) is 5.30. The summed E-state index contributed by atoms with van der Waals surface area (Å²) in [5.41, 5.74) is 6.78. The van der Waals surface area contributed by atoms with Gasteiger partial charge >= 0.3 is 0 Å². The second-order valence-corrected chi connectivity index (χ2v) is 7.47. The Morgan fingerprint density at radius 3 is 2.23 bits per heavy atom. The van der Waals surface area contributed by atoms with E-state index in [0.29, 0.717) is 30.8 Å². The summed E-state index contributed by atoms with van der Waals surface area (Å²) in [6, 6.07) is -2.54. The quantitative estimate of drug-likeness (QED) is 0.319.